The minimum atomic E-state index is 0. The Morgan fingerprint density at radius 1 is 1.00 bits per heavy atom. The van der Waals surface area contributed by atoms with Crippen LogP contribution in [0.25, 0.3) is 11.3 Å². The zero-order chi connectivity index (χ0) is 14.8. The van der Waals surface area contributed by atoms with Gasteiger partial charge in [0.15, 0.2) is 5.13 Å². The Labute approximate surface area is 158 Å². The van der Waals surface area contributed by atoms with Gasteiger partial charge in [0.1, 0.15) is 0 Å². The van der Waals surface area contributed by atoms with Crippen molar-refractivity contribution in [1.29, 1.82) is 0 Å². The summed E-state index contributed by atoms with van der Waals surface area (Å²) in [6.07, 6.45) is 0. The first-order valence-electron chi connectivity index (χ1n) is 6.67. The van der Waals surface area contributed by atoms with Crippen molar-refractivity contribution in [2.75, 3.05) is 5.32 Å². The minimum absolute atomic E-state index is 0. The number of hydrogen-bond donors (Lipinski definition) is 1. The minimum Gasteiger partial charge on any atom is -0.332 e. The summed E-state index contributed by atoms with van der Waals surface area (Å²) in [5.74, 6) is 0. The van der Waals surface area contributed by atoms with Crippen molar-refractivity contribution in [3.63, 3.8) is 0 Å². The Bertz CT molecular complexity index is 769. The average molecular weight is 487 g/mol. The van der Waals surface area contributed by atoms with E-state index in [0.717, 1.165) is 22.1 Å². The van der Waals surface area contributed by atoms with Crippen molar-refractivity contribution in [2.24, 2.45) is 0 Å². The molecule has 2 aromatic carbocycles. The third-order valence-electron chi connectivity index (χ3n) is 3.40. The molecule has 3 aromatic rings. The Balaban J connectivity index is 0.00000176. The topological polar surface area (TPSA) is 24.9 Å². The van der Waals surface area contributed by atoms with E-state index < -0.39 is 0 Å². The first-order chi connectivity index (χ1) is 10.1. The molecule has 5 heteroatoms. The lowest BCUT2D eigenvalue weighted by molar-refractivity contribution is 1.32. The van der Waals surface area contributed by atoms with Crippen LogP contribution in [-0.4, -0.2) is 4.98 Å². The van der Waals surface area contributed by atoms with Gasteiger partial charge in [-0.05, 0) is 71.8 Å². The summed E-state index contributed by atoms with van der Waals surface area (Å²) >= 11 is 3.94. The van der Waals surface area contributed by atoms with Crippen LogP contribution < -0.4 is 5.32 Å². The van der Waals surface area contributed by atoms with Crippen LogP contribution in [0.15, 0.2) is 47.8 Å². The van der Waals surface area contributed by atoms with E-state index in [0.29, 0.717) is 0 Å². The molecule has 0 bridgehead atoms. The first-order valence-corrected chi connectivity index (χ1v) is 8.63. The molecular formula is C17H16BrIN2S. The molecule has 0 aliphatic heterocycles. The number of halogens is 2. The fourth-order valence-electron chi connectivity index (χ4n) is 2.03. The SMILES string of the molecule is Br.Cc1ccc(Nc2nc(-c3ccc(I)cc3)cs2)cc1C. The summed E-state index contributed by atoms with van der Waals surface area (Å²) in [4.78, 5) is 4.66. The fourth-order valence-corrected chi connectivity index (χ4v) is 3.13. The van der Waals surface area contributed by atoms with Crippen molar-refractivity contribution >= 4 is 61.7 Å². The molecule has 0 aliphatic carbocycles. The number of rotatable bonds is 3. The average Bonchev–Trinajstić information content (AvgIpc) is 2.92. The third kappa shape index (κ3) is 4.08. The van der Waals surface area contributed by atoms with Gasteiger partial charge in [0.2, 0.25) is 0 Å². The second-order valence-corrected chi connectivity index (χ2v) is 7.07. The highest BCUT2D eigenvalue weighted by molar-refractivity contribution is 14.1. The number of hydrogen-bond acceptors (Lipinski definition) is 3. The second-order valence-electron chi connectivity index (χ2n) is 4.97. The van der Waals surface area contributed by atoms with Gasteiger partial charge in [0.25, 0.3) is 0 Å². The van der Waals surface area contributed by atoms with E-state index in [2.05, 4.69) is 94.6 Å². The first kappa shape index (κ1) is 17.4. The Morgan fingerprint density at radius 3 is 2.41 bits per heavy atom. The van der Waals surface area contributed by atoms with E-state index in [-0.39, 0.29) is 17.0 Å². The number of nitrogens with one attached hydrogen (secondary N) is 1. The summed E-state index contributed by atoms with van der Waals surface area (Å²) in [6.45, 7) is 4.25. The molecule has 0 unspecified atom stereocenters. The number of aromatic nitrogens is 1. The van der Waals surface area contributed by atoms with Crippen LogP contribution in [0.3, 0.4) is 0 Å². The maximum Gasteiger partial charge on any atom is 0.187 e. The molecule has 1 heterocycles. The maximum absolute atomic E-state index is 4.66. The molecule has 0 spiro atoms. The van der Waals surface area contributed by atoms with E-state index in [1.807, 2.05) is 0 Å². The standard InChI is InChI=1S/C17H15IN2S.BrH/c1-11-3-8-15(9-12(11)2)19-17-20-16(10-21-17)13-4-6-14(18)7-5-13;/h3-10H,1-2H3,(H,19,20);1H. The molecule has 1 aromatic heterocycles. The highest BCUT2D eigenvalue weighted by atomic mass is 127. The van der Waals surface area contributed by atoms with Gasteiger partial charge in [0, 0.05) is 20.2 Å². The molecule has 2 nitrogen and oxygen atoms in total. The predicted molar refractivity (Wildman–Crippen MR) is 110 cm³/mol. The van der Waals surface area contributed by atoms with Gasteiger partial charge in [0.05, 0.1) is 5.69 Å². The summed E-state index contributed by atoms with van der Waals surface area (Å²) in [6, 6.07) is 14.8. The Hall–Kier alpha value is -0.920. The molecule has 0 amide bonds. The Morgan fingerprint density at radius 2 is 1.73 bits per heavy atom. The van der Waals surface area contributed by atoms with Gasteiger partial charge in [-0.25, -0.2) is 4.98 Å². The normalized spacial score (nSPS) is 10.1. The van der Waals surface area contributed by atoms with E-state index in [1.165, 1.54) is 14.7 Å². The lowest BCUT2D eigenvalue weighted by Crippen LogP contribution is -1.91. The summed E-state index contributed by atoms with van der Waals surface area (Å²) < 4.78 is 1.24. The van der Waals surface area contributed by atoms with E-state index in [9.17, 15) is 0 Å². The maximum atomic E-state index is 4.66. The highest BCUT2D eigenvalue weighted by Gasteiger charge is 2.05. The number of anilines is 2. The summed E-state index contributed by atoms with van der Waals surface area (Å²) in [5.41, 5.74) is 5.85. The monoisotopic (exact) mass is 486 g/mol. The van der Waals surface area contributed by atoms with Gasteiger partial charge >= 0.3 is 0 Å². The molecule has 0 saturated heterocycles. The predicted octanol–water partition coefficient (Wildman–Crippen LogP) is 6.35. The fraction of sp³-hybridized carbons (Fsp3) is 0.118. The van der Waals surface area contributed by atoms with Crippen LogP contribution in [0.1, 0.15) is 11.1 Å². The van der Waals surface area contributed by atoms with Crippen molar-refractivity contribution in [2.45, 2.75) is 13.8 Å². The zero-order valence-corrected chi connectivity index (χ0v) is 16.9. The van der Waals surface area contributed by atoms with Crippen molar-refractivity contribution in [1.82, 2.24) is 4.98 Å². The van der Waals surface area contributed by atoms with Gasteiger partial charge in [-0.3, -0.25) is 0 Å². The molecule has 114 valence electrons. The molecule has 0 saturated carbocycles. The third-order valence-corrected chi connectivity index (χ3v) is 4.88. The number of nitrogens with zero attached hydrogens (tertiary/aromatic N) is 1. The van der Waals surface area contributed by atoms with Crippen molar-refractivity contribution in [3.8, 4) is 11.3 Å². The van der Waals surface area contributed by atoms with Crippen LogP contribution in [-0.2, 0) is 0 Å². The molecule has 3 rings (SSSR count). The molecule has 1 N–H and O–H groups in total. The lowest BCUT2D eigenvalue weighted by atomic mass is 10.1. The molecular weight excluding hydrogens is 471 g/mol. The number of aryl methyl sites for hydroxylation is 2. The summed E-state index contributed by atoms with van der Waals surface area (Å²) in [5, 5.41) is 6.39. The summed E-state index contributed by atoms with van der Waals surface area (Å²) in [7, 11) is 0. The van der Waals surface area contributed by atoms with Crippen LogP contribution >= 0.6 is 50.9 Å². The van der Waals surface area contributed by atoms with Gasteiger partial charge in [-0.2, -0.15) is 0 Å². The largest absolute Gasteiger partial charge is 0.332 e. The van der Waals surface area contributed by atoms with Crippen LogP contribution in [0.5, 0.6) is 0 Å². The molecule has 0 radical (unpaired) electrons. The van der Waals surface area contributed by atoms with Crippen molar-refractivity contribution < 1.29 is 0 Å². The van der Waals surface area contributed by atoms with Gasteiger partial charge < -0.3 is 5.32 Å². The van der Waals surface area contributed by atoms with E-state index in [1.54, 1.807) is 11.3 Å². The number of thiazole rings is 1. The highest BCUT2D eigenvalue weighted by Crippen LogP contribution is 2.28. The smallest absolute Gasteiger partial charge is 0.187 e. The van der Waals surface area contributed by atoms with Crippen LogP contribution in [0, 0.1) is 17.4 Å². The van der Waals surface area contributed by atoms with Crippen LogP contribution in [0.2, 0.25) is 0 Å². The quantitative estimate of drug-likeness (QED) is 0.436. The van der Waals surface area contributed by atoms with E-state index in [4.69, 9.17) is 0 Å². The second kappa shape index (κ2) is 7.57. The van der Waals surface area contributed by atoms with Gasteiger partial charge in [-0.15, -0.1) is 28.3 Å². The molecule has 0 atom stereocenters. The number of benzene rings is 2. The van der Waals surface area contributed by atoms with Gasteiger partial charge in [-0.1, -0.05) is 18.2 Å². The molecule has 0 fully saturated rings. The lowest BCUT2D eigenvalue weighted by Gasteiger charge is -2.05. The molecule has 22 heavy (non-hydrogen) atoms. The van der Waals surface area contributed by atoms with E-state index >= 15 is 0 Å². The Kier molecular flexibility index (Phi) is 6.00. The zero-order valence-electron chi connectivity index (χ0n) is 12.3. The van der Waals surface area contributed by atoms with Crippen LogP contribution in [0.4, 0.5) is 10.8 Å². The molecule has 0 aliphatic rings. The van der Waals surface area contributed by atoms with Crippen molar-refractivity contribution in [3.05, 3.63) is 62.5 Å².